The van der Waals surface area contributed by atoms with E-state index >= 15 is 0 Å². The maximum Gasteiger partial charge on any atom is 0.343 e. The minimum Gasteiger partial charge on any atom is -0.462 e. The molecule has 0 atom stereocenters. The number of esters is 1. The van der Waals surface area contributed by atoms with E-state index in [0.29, 0.717) is 33.9 Å². The first-order valence-corrected chi connectivity index (χ1v) is 8.44. The predicted molar refractivity (Wildman–Crippen MR) is 99.0 cm³/mol. The molecule has 0 amide bonds. The molecule has 0 spiro atoms. The fourth-order valence-corrected chi connectivity index (χ4v) is 2.94. The number of carbonyl (C=O) groups is 2. The van der Waals surface area contributed by atoms with Crippen molar-refractivity contribution in [3.8, 4) is 11.5 Å². The molecular formula is C22H16O5. The van der Waals surface area contributed by atoms with E-state index in [9.17, 15) is 9.59 Å². The van der Waals surface area contributed by atoms with Crippen LogP contribution in [-0.4, -0.2) is 11.8 Å². The summed E-state index contributed by atoms with van der Waals surface area (Å²) in [5.74, 6) is 1.45. The van der Waals surface area contributed by atoms with Gasteiger partial charge in [-0.05, 0) is 49.7 Å². The molecule has 0 aliphatic carbocycles. The maximum atomic E-state index is 12.6. The van der Waals surface area contributed by atoms with Crippen molar-refractivity contribution in [2.75, 3.05) is 0 Å². The Morgan fingerprint density at radius 1 is 1.04 bits per heavy atom. The summed E-state index contributed by atoms with van der Waals surface area (Å²) in [7, 11) is 0. The summed E-state index contributed by atoms with van der Waals surface area (Å²) in [6.07, 6.45) is 1.56. The summed E-state index contributed by atoms with van der Waals surface area (Å²) in [6.45, 7) is 3.60. The van der Waals surface area contributed by atoms with Crippen molar-refractivity contribution in [3.63, 3.8) is 0 Å². The zero-order valence-electron chi connectivity index (χ0n) is 14.8. The number of hydrogen-bond donors (Lipinski definition) is 0. The molecule has 5 heteroatoms. The van der Waals surface area contributed by atoms with Gasteiger partial charge in [0.25, 0.3) is 0 Å². The van der Waals surface area contributed by atoms with Crippen LogP contribution in [0.4, 0.5) is 0 Å². The molecule has 0 bridgehead atoms. The molecule has 0 N–H and O–H groups in total. The third kappa shape index (κ3) is 3.27. The average Bonchev–Trinajstić information content (AvgIpc) is 3.19. The minimum atomic E-state index is -0.471. The number of ether oxygens (including phenoxy) is 2. The highest BCUT2D eigenvalue weighted by molar-refractivity contribution is 6.15. The van der Waals surface area contributed by atoms with E-state index < -0.39 is 5.97 Å². The van der Waals surface area contributed by atoms with Crippen molar-refractivity contribution in [1.29, 1.82) is 0 Å². The van der Waals surface area contributed by atoms with Gasteiger partial charge in [-0.1, -0.05) is 18.2 Å². The van der Waals surface area contributed by atoms with Crippen LogP contribution in [0.25, 0.3) is 6.08 Å². The molecule has 0 saturated heterocycles. The molecular weight excluding hydrogens is 344 g/mol. The van der Waals surface area contributed by atoms with E-state index in [1.807, 2.05) is 19.1 Å². The van der Waals surface area contributed by atoms with Crippen LogP contribution in [0.3, 0.4) is 0 Å². The zero-order valence-corrected chi connectivity index (χ0v) is 14.8. The SMILES string of the molecule is Cc1ccc(/C=C2\Oc3cc(OC(=O)c4ccccc4)cc(C)c3C2=O)o1. The van der Waals surface area contributed by atoms with E-state index in [1.54, 1.807) is 55.5 Å². The second kappa shape index (κ2) is 6.61. The lowest BCUT2D eigenvalue weighted by molar-refractivity contribution is 0.0734. The molecule has 1 aliphatic heterocycles. The molecule has 4 rings (SSSR count). The summed E-state index contributed by atoms with van der Waals surface area (Å²) in [4.78, 5) is 24.9. The zero-order chi connectivity index (χ0) is 19.0. The van der Waals surface area contributed by atoms with Gasteiger partial charge in [0.2, 0.25) is 5.78 Å². The first-order chi connectivity index (χ1) is 13.0. The third-order valence-electron chi connectivity index (χ3n) is 4.20. The Labute approximate surface area is 155 Å². The fourth-order valence-electron chi connectivity index (χ4n) is 2.94. The highest BCUT2D eigenvalue weighted by Crippen LogP contribution is 2.37. The van der Waals surface area contributed by atoms with Crippen LogP contribution in [0.2, 0.25) is 0 Å². The first-order valence-electron chi connectivity index (χ1n) is 8.44. The fraction of sp³-hybridized carbons (Fsp3) is 0.0909. The molecule has 27 heavy (non-hydrogen) atoms. The molecule has 2 heterocycles. The summed E-state index contributed by atoms with van der Waals surface area (Å²) in [5, 5.41) is 0. The summed E-state index contributed by atoms with van der Waals surface area (Å²) >= 11 is 0. The van der Waals surface area contributed by atoms with E-state index in [2.05, 4.69) is 0 Å². The Bertz CT molecular complexity index is 1070. The van der Waals surface area contributed by atoms with E-state index in [1.165, 1.54) is 0 Å². The Balaban J connectivity index is 1.62. The van der Waals surface area contributed by atoms with Gasteiger partial charge < -0.3 is 13.9 Å². The van der Waals surface area contributed by atoms with Gasteiger partial charge in [-0.15, -0.1) is 0 Å². The first kappa shape index (κ1) is 16.8. The Morgan fingerprint density at radius 3 is 2.52 bits per heavy atom. The second-order valence-corrected chi connectivity index (χ2v) is 6.26. The van der Waals surface area contributed by atoms with Crippen LogP contribution in [0.15, 0.2) is 64.8 Å². The van der Waals surface area contributed by atoms with Gasteiger partial charge >= 0.3 is 5.97 Å². The highest BCUT2D eigenvalue weighted by atomic mass is 16.5. The molecule has 5 nitrogen and oxygen atoms in total. The highest BCUT2D eigenvalue weighted by Gasteiger charge is 2.30. The molecule has 3 aromatic rings. The van der Waals surface area contributed by atoms with Gasteiger partial charge in [0.1, 0.15) is 23.0 Å². The molecule has 134 valence electrons. The molecule has 0 saturated carbocycles. The lowest BCUT2D eigenvalue weighted by Crippen LogP contribution is -2.08. The van der Waals surface area contributed by atoms with Crippen LogP contribution in [0, 0.1) is 13.8 Å². The van der Waals surface area contributed by atoms with Gasteiger partial charge in [0.05, 0.1) is 11.1 Å². The molecule has 0 unspecified atom stereocenters. The summed E-state index contributed by atoms with van der Waals surface area (Å²) in [5.41, 5.74) is 1.58. The van der Waals surface area contributed by atoms with Crippen molar-refractivity contribution < 1.29 is 23.5 Å². The number of hydrogen-bond acceptors (Lipinski definition) is 5. The lowest BCUT2D eigenvalue weighted by atomic mass is 10.0. The topological polar surface area (TPSA) is 65.7 Å². The molecule has 0 radical (unpaired) electrons. The van der Waals surface area contributed by atoms with Gasteiger partial charge in [0, 0.05) is 12.1 Å². The number of furan rings is 1. The van der Waals surface area contributed by atoms with Gasteiger partial charge in [-0.25, -0.2) is 4.79 Å². The smallest absolute Gasteiger partial charge is 0.343 e. The van der Waals surface area contributed by atoms with Crippen LogP contribution in [-0.2, 0) is 0 Å². The second-order valence-electron chi connectivity index (χ2n) is 6.26. The number of aryl methyl sites for hydroxylation is 2. The Hall–Kier alpha value is -3.60. The Morgan fingerprint density at radius 2 is 1.81 bits per heavy atom. The van der Waals surface area contributed by atoms with Gasteiger partial charge in [-0.3, -0.25) is 4.79 Å². The number of fused-ring (bicyclic) bond motifs is 1. The van der Waals surface area contributed by atoms with Crippen LogP contribution in [0.5, 0.6) is 11.5 Å². The van der Waals surface area contributed by atoms with Crippen LogP contribution in [0.1, 0.15) is 37.8 Å². The Kier molecular flexibility index (Phi) is 4.12. The normalized spacial score (nSPS) is 14.1. The molecule has 2 aromatic carbocycles. The van der Waals surface area contributed by atoms with Crippen LogP contribution < -0.4 is 9.47 Å². The summed E-state index contributed by atoms with van der Waals surface area (Å²) in [6, 6.07) is 15.5. The monoisotopic (exact) mass is 360 g/mol. The average molecular weight is 360 g/mol. The van der Waals surface area contributed by atoms with E-state index in [0.717, 1.165) is 5.76 Å². The number of allylic oxidation sites excluding steroid dienone is 1. The van der Waals surface area contributed by atoms with Crippen molar-refractivity contribution in [2.24, 2.45) is 0 Å². The third-order valence-corrected chi connectivity index (χ3v) is 4.20. The minimum absolute atomic E-state index is 0.175. The maximum absolute atomic E-state index is 12.6. The van der Waals surface area contributed by atoms with Gasteiger partial charge in [0.15, 0.2) is 5.76 Å². The van der Waals surface area contributed by atoms with Crippen LogP contribution >= 0.6 is 0 Å². The lowest BCUT2D eigenvalue weighted by Gasteiger charge is -2.07. The van der Waals surface area contributed by atoms with Crippen molar-refractivity contribution in [1.82, 2.24) is 0 Å². The molecule has 1 aromatic heterocycles. The number of Topliss-reactive ketones (excluding diaryl/α,β-unsaturated/α-hetero) is 1. The molecule has 0 fully saturated rings. The van der Waals surface area contributed by atoms with E-state index in [4.69, 9.17) is 13.9 Å². The van der Waals surface area contributed by atoms with Crippen molar-refractivity contribution in [2.45, 2.75) is 13.8 Å². The quantitative estimate of drug-likeness (QED) is 0.384. The van der Waals surface area contributed by atoms with E-state index in [-0.39, 0.29) is 11.5 Å². The number of carbonyl (C=O) groups excluding carboxylic acids is 2. The predicted octanol–water partition coefficient (Wildman–Crippen LogP) is 4.73. The van der Waals surface area contributed by atoms with Gasteiger partial charge in [-0.2, -0.15) is 0 Å². The standard InChI is InChI=1S/C22H16O5/c1-13-10-17(26-22(24)15-6-4-3-5-7-15)12-18-20(13)21(23)19(27-18)11-16-9-8-14(2)25-16/h3-12H,1-2H3/b19-11-. The molecule has 1 aliphatic rings. The largest absolute Gasteiger partial charge is 0.462 e. The number of rotatable bonds is 3. The number of benzene rings is 2. The number of ketones is 1. The van der Waals surface area contributed by atoms with Crippen molar-refractivity contribution in [3.05, 3.63) is 88.6 Å². The summed E-state index contributed by atoms with van der Waals surface area (Å²) < 4.78 is 16.6. The van der Waals surface area contributed by atoms with Crippen molar-refractivity contribution >= 4 is 17.8 Å².